The van der Waals surface area contributed by atoms with E-state index in [-0.39, 0.29) is 24.4 Å². The van der Waals surface area contributed by atoms with E-state index >= 15 is 0 Å². The van der Waals surface area contributed by atoms with Gasteiger partial charge in [-0.15, -0.1) is 23.7 Å². The minimum atomic E-state index is -0.0898. The molecule has 1 aromatic heterocycles. The van der Waals surface area contributed by atoms with Gasteiger partial charge in [-0.25, -0.2) is 0 Å². The monoisotopic (exact) mass is 296 g/mol. The minimum absolute atomic E-state index is 0. The third-order valence-corrected chi connectivity index (χ3v) is 3.40. The van der Waals surface area contributed by atoms with E-state index in [1.54, 1.807) is 12.1 Å². The highest BCUT2D eigenvalue weighted by Crippen LogP contribution is 2.21. The lowest BCUT2D eigenvalue weighted by atomic mass is 10.0. The van der Waals surface area contributed by atoms with Crippen molar-refractivity contribution in [3.05, 3.63) is 21.3 Å². The van der Waals surface area contributed by atoms with Crippen LogP contribution in [-0.2, 0) is 0 Å². The highest BCUT2D eigenvalue weighted by Gasteiger charge is 2.14. The summed E-state index contributed by atoms with van der Waals surface area (Å²) in [4.78, 5) is 12.4. The van der Waals surface area contributed by atoms with E-state index in [0.717, 1.165) is 6.42 Å². The molecule has 0 spiro atoms. The van der Waals surface area contributed by atoms with Gasteiger partial charge in [0.05, 0.1) is 9.21 Å². The molecule has 0 bridgehead atoms. The normalized spacial score (nSPS) is 12.1. The zero-order valence-electron chi connectivity index (χ0n) is 9.90. The van der Waals surface area contributed by atoms with Gasteiger partial charge < -0.3 is 11.1 Å². The first kappa shape index (κ1) is 16.7. The summed E-state index contributed by atoms with van der Waals surface area (Å²) in [5.74, 6) is 0.425. The SMILES string of the molecule is CC(C)CC(CN)NC(=O)c1ccc(Cl)s1.Cl. The Labute approximate surface area is 117 Å². The zero-order valence-corrected chi connectivity index (χ0v) is 12.3. The van der Waals surface area contributed by atoms with Crippen LogP contribution in [0.5, 0.6) is 0 Å². The predicted molar refractivity (Wildman–Crippen MR) is 76.3 cm³/mol. The number of hydrogen-bond acceptors (Lipinski definition) is 3. The van der Waals surface area contributed by atoms with E-state index in [2.05, 4.69) is 19.2 Å². The molecular formula is C11H18Cl2N2OS. The fraction of sp³-hybridized carbons (Fsp3) is 0.545. The van der Waals surface area contributed by atoms with Gasteiger partial charge in [-0.2, -0.15) is 0 Å². The van der Waals surface area contributed by atoms with Gasteiger partial charge in [0.2, 0.25) is 0 Å². The summed E-state index contributed by atoms with van der Waals surface area (Å²) in [7, 11) is 0. The Morgan fingerprint density at radius 2 is 2.18 bits per heavy atom. The Kier molecular flexibility index (Phi) is 7.79. The predicted octanol–water partition coefficient (Wildman–Crippen LogP) is 2.93. The molecule has 1 amide bonds. The van der Waals surface area contributed by atoms with Crippen LogP contribution in [0.4, 0.5) is 0 Å². The molecular weight excluding hydrogens is 279 g/mol. The van der Waals surface area contributed by atoms with Crippen LogP contribution < -0.4 is 11.1 Å². The second-order valence-electron chi connectivity index (χ2n) is 4.14. The molecule has 0 fully saturated rings. The second kappa shape index (κ2) is 7.93. The summed E-state index contributed by atoms with van der Waals surface area (Å²) in [6, 6.07) is 3.49. The average Bonchev–Trinajstić information content (AvgIpc) is 2.63. The number of hydrogen-bond donors (Lipinski definition) is 2. The number of amides is 1. The summed E-state index contributed by atoms with van der Waals surface area (Å²) >= 11 is 7.05. The first-order chi connectivity index (χ1) is 7.52. The van der Waals surface area contributed by atoms with Crippen molar-refractivity contribution in [3.8, 4) is 0 Å². The average molecular weight is 297 g/mol. The van der Waals surface area contributed by atoms with Gasteiger partial charge in [-0.1, -0.05) is 25.4 Å². The lowest BCUT2D eigenvalue weighted by molar-refractivity contribution is 0.0938. The van der Waals surface area contributed by atoms with E-state index in [1.165, 1.54) is 11.3 Å². The molecule has 3 N–H and O–H groups in total. The van der Waals surface area contributed by atoms with Crippen LogP contribution in [0.1, 0.15) is 29.9 Å². The van der Waals surface area contributed by atoms with Crippen LogP contribution in [0.15, 0.2) is 12.1 Å². The van der Waals surface area contributed by atoms with Crippen molar-refractivity contribution in [2.45, 2.75) is 26.3 Å². The maximum atomic E-state index is 11.8. The van der Waals surface area contributed by atoms with Crippen molar-refractivity contribution >= 4 is 41.3 Å². The molecule has 0 aromatic carbocycles. The summed E-state index contributed by atoms with van der Waals surface area (Å²) < 4.78 is 0.623. The second-order valence-corrected chi connectivity index (χ2v) is 5.85. The Morgan fingerprint density at radius 1 is 1.53 bits per heavy atom. The van der Waals surface area contributed by atoms with Gasteiger partial charge in [0.25, 0.3) is 5.91 Å². The molecule has 0 aliphatic rings. The Bertz CT molecular complexity index is 355. The Hall–Kier alpha value is -0.290. The summed E-state index contributed by atoms with van der Waals surface area (Å²) in [5.41, 5.74) is 5.62. The molecule has 0 saturated carbocycles. The van der Waals surface area contributed by atoms with Crippen molar-refractivity contribution < 1.29 is 4.79 Å². The highest BCUT2D eigenvalue weighted by atomic mass is 35.5. The van der Waals surface area contributed by atoms with Gasteiger partial charge in [-0.3, -0.25) is 4.79 Å². The van der Waals surface area contributed by atoms with Crippen molar-refractivity contribution in [2.24, 2.45) is 11.7 Å². The van der Waals surface area contributed by atoms with Crippen molar-refractivity contribution in [3.63, 3.8) is 0 Å². The summed E-state index contributed by atoms with van der Waals surface area (Å²) in [6.45, 7) is 4.68. The molecule has 1 rings (SSSR count). The molecule has 0 aliphatic heterocycles. The Morgan fingerprint density at radius 3 is 2.59 bits per heavy atom. The standard InChI is InChI=1S/C11H17ClN2OS.ClH/c1-7(2)5-8(6-13)14-11(15)9-3-4-10(12)16-9;/h3-4,7-8H,5-6,13H2,1-2H3,(H,14,15);1H. The molecule has 98 valence electrons. The molecule has 1 aromatic rings. The van der Waals surface area contributed by atoms with Crippen LogP contribution in [-0.4, -0.2) is 18.5 Å². The van der Waals surface area contributed by atoms with E-state index in [0.29, 0.717) is 21.7 Å². The maximum absolute atomic E-state index is 11.8. The molecule has 1 heterocycles. The van der Waals surface area contributed by atoms with Gasteiger partial charge in [0, 0.05) is 12.6 Å². The number of rotatable bonds is 5. The third-order valence-electron chi connectivity index (χ3n) is 2.17. The molecule has 3 nitrogen and oxygen atoms in total. The van der Waals surface area contributed by atoms with Crippen molar-refractivity contribution in [1.82, 2.24) is 5.32 Å². The van der Waals surface area contributed by atoms with Crippen LogP contribution in [0.25, 0.3) is 0 Å². The first-order valence-corrected chi connectivity index (χ1v) is 6.48. The van der Waals surface area contributed by atoms with Crippen LogP contribution in [0.3, 0.4) is 0 Å². The van der Waals surface area contributed by atoms with Gasteiger partial charge in [0.1, 0.15) is 0 Å². The number of halogens is 2. The highest BCUT2D eigenvalue weighted by molar-refractivity contribution is 7.17. The molecule has 1 atom stereocenters. The molecule has 0 saturated heterocycles. The molecule has 17 heavy (non-hydrogen) atoms. The number of thiophene rings is 1. The molecule has 6 heteroatoms. The molecule has 0 aliphatic carbocycles. The van der Waals surface area contributed by atoms with Crippen molar-refractivity contribution in [2.75, 3.05) is 6.54 Å². The molecule has 0 radical (unpaired) electrons. The van der Waals surface area contributed by atoms with E-state index < -0.39 is 0 Å². The van der Waals surface area contributed by atoms with Gasteiger partial charge in [-0.05, 0) is 24.5 Å². The number of carbonyl (C=O) groups excluding carboxylic acids is 1. The largest absolute Gasteiger partial charge is 0.347 e. The topological polar surface area (TPSA) is 55.1 Å². The third kappa shape index (κ3) is 5.73. The van der Waals surface area contributed by atoms with Crippen LogP contribution in [0, 0.1) is 5.92 Å². The van der Waals surface area contributed by atoms with Crippen LogP contribution in [0.2, 0.25) is 4.34 Å². The zero-order chi connectivity index (χ0) is 12.1. The smallest absolute Gasteiger partial charge is 0.261 e. The Balaban J connectivity index is 0.00000256. The quantitative estimate of drug-likeness (QED) is 0.878. The first-order valence-electron chi connectivity index (χ1n) is 5.29. The molecule has 1 unspecified atom stereocenters. The van der Waals surface area contributed by atoms with E-state index in [9.17, 15) is 4.79 Å². The number of carbonyl (C=O) groups is 1. The fourth-order valence-electron chi connectivity index (χ4n) is 1.48. The lowest BCUT2D eigenvalue weighted by Crippen LogP contribution is -2.40. The maximum Gasteiger partial charge on any atom is 0.261 e. The van der Waals surface area contributed by atoms with Crippen LogP contribution >= 0.6 is 35.3 Å². The van der Waals surface area contributed by atoms with Gasteiger partial charge in [0.15, 0.2) is 0 Å². The van der Waals surface area contributed by atoms with E-state index in [4.69, 9.17) is 17.3 Å². The summed E-state index contributed by atoms with van der Waals surface area (Å²) in [6.07, 6.45) is 0.890. The minimum Gasteiger partial charge on any atom is -0.347 e. The van der Waals surface area contributed by atoms with E-state index in [1.807, 2.05) is 0 Å². The van der Waals surface area contributed by atoms with Gasteiger partial charge >= 0.3 is 0 Å². The fourth-order valence-corrected chi connectivity index (χ4v) is 2.42. The van der Waals surface area contributed by atoms with Crippen molar-refractivity contribution in [1.29, 1.82) is 0 Å². The number of nitrogens with one attached hydrogen (secondary N) is 1. The number of nitrogens with two attached hydrogens (primary N) is 1. The lowest BCUT2D eigenvalue weighted by Gasteiger charge is -2.18. The summed E-state index contributed by atoms with van der Waals surface area (Å²) in [5, 5.41) is 2.92.